The molecule has 5 heteroatoms. The second-order valence-corrected chi connectivity index (χ2v) is 10.5. The van der Waals surface area contributed by atoms with Crippen LogP contribution < -0.4 is 4.72 Å². The zero-order valence-corrected chi connectivity index (χ0v) is 18.8. The van der Waals surface area contributed by atoms with Crippen molar-refractivity contribution in [3.05, 3.63) is 24.0 Å². The Labute approximate surface area is 165 Å². The summed E-state index contributed by atoms with van der Waals surface area (Å²) < 4.78 is 21.4. The van der Waals surface area contributed by atoms with E-state index in [9.17, 15) is 4.21 Å². The standard InChI is InChI=1S/C20H36BrNO2S/c1-5-10-19(22-25(23)20(2,3)4)17-11-13-18(14-12-17)24-16-9-7-6-8-15-21/h11,13-14,17,19,22H,5-10,12,15-16H2,1-4H3. The Kier molecular flexibility index (Phi) is 11.3. The topological polar surface area (TPSA) is 38.3 Å². The first-order valence-electron chi connectivity index (χ1n) is 9.63. The lowest BCUT2D eigenvalue weighted by Gasteiger charge is -2.29. The maximum absolute atomic E-state index is 12.4. The van der Waals surface area contributed by atoms with Gasteiger partial charge in [-0.2, -0.15) is 0 Å². The predicted octanol–water partition coefficient (Wildman–Crippen LogP) is 5.64. The lowest BCUT2D eigenvalue weighted by atomic mass is 9.90. The number of allylic oxidation sites excluding steroid dienone is 2. The summed E-state index contributed by atoms with van der Waals surface area (Å²) in [4.78, 5) is 0. The summed E-state index contributed by atoms with van der Waals surface area (Å²) in [5.41, 5.74) is 0. The van der Waals surface area contributed by atoms with Gasteiger partial charge >= 0.3 is 0 Å². The molecule has 0 aromatic heterocycles. The quantitative estimate of drug-likeness (QED) is 0.319. The van der Waals surface area contributed by atoms with E-state index in [1.54, 1.807) is 0 Å². The highest BCUT2D eigenvalue weighted by Gasteiger charge is 2.26. The largest absolute Gasteiger partial charge is 0.494 e. The zero-order valence-electron chi connectivity index (χ0n) is 16.4. The van der Waals surface area contributed by atoms with E-state index in [2.05, 4.69) is 45.8 Å². The molecule has 0 saturated carbocycles. The van der Waals surface area contributed by atoms with Gasteiger partial charge in [-0.25, -0.2) is 8.93 Å². The lowest BCUT2D eigenvalue weighted by molar-refractivity contribution is 0.213. The molecule has 0 spiro atoms. The van der Waals surface area contributed by atoms with Crippen LogP contribution in [0, 0.1) is 5.92 Å². The Bertz CT molecular complexity index is 457. The van der Waals surface area contributed by atoms with Crippen LogP contribution in [0.2, 0.25) is 0 Å². The Hall–Kier alpha value is -0.130. The molecule has 0 heterocycles. The summed E-state index contributed by atoms with van der Waals surface area (Å²) in [6.45, 7) is 9.02. The summed E-state index contributed by atoms with van der Waals surface area (Å²) in [6, 6.07) is 0.253. The fraction of sp³-hybridized carbons (Fsp3) is 0.800. The normalized spacial score (nSPS) is 20.2. The molecule has 3 atom stereocenters. The number of hydrogen-bond acceptors (Lipinski definition) is 2. The first-order valence-corrected chi connectivity index (χ1v) is 11.9. The number of nitrogens with one attached hydrogen (secondary N) is 1. The van der Waals surface area contributed by atoms with E-state index in [4.69, 9.17) is 4.74 Å². The van der Waals surface area contributed by atoms with Gasteiger partial charge in [0.2, 0.25) is 0 Å². The van der Waals surface area contributed by atoms with Crippen molar-refractivity contribution in [3.63, 3.8) is 0 Å². The average Bonchev–Trinajstić information content (AvgIpc) is 2.57. The molecule has 3 unspecified atom stereocenters. The van der Waals surface area contributed by atoms with Gasteiger partial charge < -0.3 is 4.74 Å². The van der Waals surface area contributed by atoms with E-state index in [0.29, 0.717) is 5.92 Å². The van der Waals surface area contributed by atoms with Gasteiger partial charge in [0, 0.05) is 11.4 Å². The lowest BCUT2D eigenvalue weighted by Crippen LogP contribution is -2.43. The fourth-order valence-corrected chi connectivity index (χ4v) is 4.07. The van der Waals surface area contributed by atoms with Crippen molar-refractivity contribution in [2.75, 3.05) is 11.9 Å². The minimum Gasteiger partial charge on any atom is -0.494 e. The number of hydrogen-bond donors (Lipinski definition) is 1. The van der Waals surface area contributed by atoms with Crippen LogP contribution in [0.15, 0.2) is 24.0 Å². The van der Waals surface area contributed by atoms with Gasteiger partial charge in [-0.1, -0.05) is 48.2 Å². The van der Waals surface area contributed by atoms with Crippen LogP contribution in [0.25, 0.3) is 0 Å². The molecule has 25 heavy (non-hydrogen) atoms. The highest BCUT2D eigenvalue weighted by Crippen LogP contribution is 2.24. The SMILES string of the molecule is CCCC(NS(=O)C(C)(C)C)C1C=CC(OCCCCCCBr)=CC1. The summed E-state index contributed by atoms with van der Waals surface area (Å²) in [5, 5.41) is 1.09. The number of halogens is 1. The van der Waals surface area contributed by atoms with E-state index in [0.717, 1.165) is 43.4 Å². The van der Waals surface area contributed by atoms with Crippen molar-refractivity contribution in [2.24, 2.45) is 5.92 Å². The maximum atomic E-state index is 12.4. The highest BCUT2D eigenvalue weighted by atomic mass is 79.9. The van der Waals surface area contributed by atoms with Gasteiger partial charge in [0.15, 0.2) is 0 Å². The van der Waals surface area contributed by atoms with E-state index >= 15 is 0 Å². The molecule has 0 amide bonds. The molecule has 0 aromatic rings. The second-order valence-electron chi connectivity index (χ2n) is 7.71. The van der Waals surface area contributed by atoms with Crippen molar-refractivity contribution in [1.29, 1.82) is 0 Å². The van der Waals surface area contributed by atoms with Crippen molar-refractivity contribution in [2.45, 2.75) is 83.4 Å². The Morgan fingerprint density at radius 2 is 2.04 bits per heavy atom. The Morgan fingerprint density at radius 3 is 2.60 bits per heavy atom. The smallest absolute Gasteiger partial charge is 0.115 e. The summed E-state index contributed by atoms with van der Waals surface area (Å²) >= 11 is 3.46. The molecule has 1 aliphatic rings. The van der Waals surface area contributed by atoms with Gasteiger partial charge in [0.05, 0.1) is 22.3 Å². The third-order valence-corrected chi connectivity index (χ3v) is 6.52. The van der Waals surface area contributed by atoms with Gasteiger partial charge in [-0.15, -0.1) is 0 Å². The van der Waals surface area contributed by atoms with E-state index in [-0.39, 0.29) is 10.8 Å². The van der Waals surface area contributed by atoms with Gasteiger partial charge in [-0.3, -0.25) is 0 Å². The fourth-order valence-electron chi connectivity index (χ4n) is 2.75. The molecule has 1 rings (SSSR count). The molecule has 0 fully saturated rings. The van der Waals surface area contributed by atoms with E-state index in [1.807, 2.05) is 20.8 Å². The van der Waals surface area contributed by atoms with Gasteiger partial charge in [-0.05, 0) is 64.5 Å². The van der Waals surface area contributed by atoms with Crippen LogP contribution in [0.4, 0.5) is 0 Å². The highest BCUT2D eigenvalue weighted by molar-refractivity contribution is 9.09. The molecule has 3 nitrogen and oxygen atoms in total. The number of ether oxygens (including phenoxy) is 1. The van der Waals surface area contributed by atoms with Crippen LogP contribution in [-0.2, 0) is 15.7 Å². The monoisotopic (exact) mass is 433 g/mol. The minimum atomic E-state index is -1.03. The average molecular weight is 434 g/mol. The Morgan fingerprint density at radius 1 is 1.32 bits per heavy atom. The first kappa shape index (κ1) is 22.9. The second kappa shape index (κ2) is 12.3. The molecule has 146 valence electrons. The molecular formula is C20H36BrNO2S. The van der Waals surface area contributed by atoms with Crippen LogP contribution >= 0.6 is 15.9 Å². The molecule has 0 aromatic carbocycles. The molecule has 0 bridgehead atoms. The Balaban J connectivity index is 2.41. The van der Waals surface area contributed by atoms with Crippen LogP contribution in [0.3, 0.4) is 0 Å². The molecule has 0 aliphatic heterocycles. The molecule has 0 saturated heterocycles. The van der Waals surface area contributed by atoms with E-state index in [1.165, 1.54) is 19.3 Å². The van der Waals surface area contributed by atoms with Crippen molar-refractivity contribution in [1.82, 2.24) is 4.72 Å². The molecule has 1 N–H and O–H groups in total. The van der Waals surface area contributed by atoms with E-state index < -0.39 is 11.0 Å². The zero-order chi connectivity index (χ0) is 18.7. The van der Waals surface area contributed by atoms with Crippen molar-refractivity contribution in [3.8, 4) is 0 Å². The van der Waals surface area contributed by atoms with Crippen LogP contribution in [0.1, 0.15) is 72.6 Å². The number of alkyl halides is 1. The first-order chi connectivity index (χ1) is 11.9. The molecule has 0 radical (unpaired) electrons. The summed E-state index contributed by atoms with van der Waals surface area (Å²) in [6.07, 6.45) is 14.4. The predicted molar refractivity (Wildman–Crippen MR) is 113 cm³/mol. The van der Waals surface area contributed by atoms with Crippen molar-refractivity contribution < 1.29 is 8.95 Å². The number of unbranched alkanes of at least 4 members (excludes halogenated alkanes) is 3. The third kappa shape index (κ3) is 9.39. The minimum absolute atomic E-state index is 0.233. The van der Waals surface area contributed by atoms with Crippen molar-refractivity contribution >= 4 is 26.9 Å². The van der Waals surface area contributed by atoms with Gasteiger partial charge in [0.1, 0.15) is 5.76 Å². The summed E-state index contributed by atoms with van der Waals surface area (Å²) in [5.74, 6) is 1.38. The third-order valence-electron chi connectivity index (χ3n) is 4.33. The molecular weight excluding hydrogens is 398 g/mol. The van der Waals surface area contributed by atoms with Crippen LogP contribution in [-0.4, -0.2) is 26.9 Å². The maximum Gasteiger partial charge on any atom is 0.115 e. The van der Waals surface area contributed by atoms with Gasteiger partial charge in [0.25, 0.3) is 0 Å². The van der Waals surface area contributed by atoms with Crippen LogP contribution in [0.5, 0.6) is 0 Å². The number of rotatable bonds is 12. The summed E-state index contributed by atoms with van der Waals surface area (Å²) in [7, 11) is -1.03. The molecule has 1 aliphatic carbocycles.